The van der Waals surface area contributed by atoms with E-state index in [4.69, 9.17) is 14.2 Å². The van der Waals surface area contributed by atoms with Crippen LogP contribution in [0.5, 0.6) is 0 Å². The Kier molecular flexibility index (Phi) is 10.3. The number of epoxide rings is 1. The minimum atomic E-state index is -0.566. The molecule has 0 bridgehead atoms. The highest BCUT2D eigenvalue weighted by Crippen LogP contribution is 2.42. The monoisotopic (exact) mass is 354 g/mol. The molecule has 1 fully saturated rings. The molecular weight excluding hydrogens is 320 g/mol. The number of carbonyl (C=O) groups is 2. The van der Waals surface area contributed by atoms with Crippen molar-refractivity contribution in [2.45, 2.75) is 78.7 Å². The Hall–Kier alpha value is -1.52. The zero-order valence-electron chi connectivity index (χ0n) is 16.2. The van der Waals surface area contributed by atoms with Gasteiger partial charge in [0.25, 0.3) is 0 Å². The normalized spacial score (nSPS) is 23.2. The van der Waals surface area contributed by atoms with Crippen molar-refractivity contribution in [3.8, 4) is 0 Å². The summed E-state index contributed by atoms with van der Waals surface area (Å²) in [6.07, 6.45) is 8.21. The van der Waals surface area contributed by atoms with E-state index < -0.39 is 11.8 Å². The summed E-state index contributed by atoms with van der Waals surface area (Å²) in [6.45, 7) is 9.03. The van der Waals surface area contributed by atoms with Gasteiger partial charge in [-0.05, 0) is 18.9 Å². The lowest BCUT2D eigenvalue weighted by molar-refractivity contribution is -0.159. The second-order valence-corrected chi connectivity index (χ2v) is 6.29. The molecule has 0 amide bonds. The van der Waals surface area contributed by atoms with Gasteiger partial charge in [-0.2, -0.15) is 0 Å². The highest BCUT2D eigenvalue weighted by atomic mass is 16.6. The van der Waals surface area contributed by atoms with Crippen molar-refractivity contribution in [1.82, 2.24) is 0 Å². The second-order valence-electron chi connectivity index (χ2n) is 6.29. The molecule has 5 heteroatoms. The van der Waals surface area contributed by atoms with Crippen molar-refractivity contribution < 1.29 is 23.8 Å². The molecule has 0 spiro atoms. The molecule has 144 valence electrons. The maximum atomic E-state index is 12.3. The summed E-state index contributed by atoms with van der Waals surface area (Å²) in [5.41, 5.74) is 0. The van der Waals surface area contributed by atoms with Crippen molar-refractivity contribution in [3.63, 3.8) is 0 Å². The Morgan fingerprint density at radius 3 is 2.12 bits per heavy atom. The third-order valence-electron chi connectivity index (χ3n) is 4.34. The molecule has 2 aliphatic rings. The Morgan fingerprint density at radius 1 is 1.00 bits per heavy atom. The van der Waals surface area contributed by atoms with Crippen LogP contribution in [-0.4, -0.2) is 31.3 Å². The van der Waals surface area contributed by atoms with Crippen LogP contribution in [0.1, 0.15) is 72.6 Å². The first-order valence-corrected chi connectivity index (χ1v) is 9.89. The predicted octanol–water partition coefficient (Wildman–Crippen LogP) is 4.40. The molecule has 3 atom stereocenters. The van der Waals surface area contributed by atoms with Gasteiger partial charge < -0.3 is 14.2 Å². The topological polar surface area (TPSA) is 65.1 Å². The summed E-state index contributed by atoms with van der Waals surface area (Å²) in [4.78, 5) is 24.6. The van der Waals surface area contributed by atoms with Crippen LogP contribution in [-0.2, 0) is 23.8 Å². The minimum Gasteiger partial charge on any atom is -0.483 e. The lowest BCUT2D eigenvalue weighted by Crippen LogP contribution is -2.34. The predicted molar refractivity (Wildman–Crippen MR) is 96.9 cm³/mol. The Bertz CT molecular complexity index is 443. The molecule has 1 heterocycles. The van der Waals surface area contributed by atoms with Gasteiger partial charge in [0.1, 0.15) is 5.76 Å². The van der Waals surface area contributed by atoms with Crippen molar-refractivity contribution >= 4 is 11.9 Å². The van der Waals surface area contributed by atoms with E-state index in [1.54, 1.807) is 6.08 Å². The molecule has 0 aromatic heterocycles. The second kappa shape index (κ2) is 11.9. The molecule has 1 aliphatic heterocycles. The van der Waals surface area contributed by atoms with E-state index in [0.29, 0.717) is 19.6 Å². The Morgan fingerprint density at radius 2 is 1.56 bits per heavy atom. The van der Waals surface area contributed by atoms with Gasteiger partial charge in [0.15, 0.2) is 6.10 Å². The molecule has 0 saturated carbocycles. The largest absolute Gasteiger partial charge is 0.483 e. The van der Waals surface area contributed by atoms with Gasteiger partial charge in [-0.15, -0.1) is 0 Å². The van der Waals surface area contributed by atoms with Gasteiger partial charge in [0, 0.05) is 6.42 Å². The number of hydrogen-bond acceptors (Lipinski definition) is 5. The number of rotatable bonds is 10. The third kappa shape index (κ3) is 7.09. The van der Waals surface area contributed by atoms with E-state index in [0.717, 1.165) is 44.3 Å². The van der Waals surface area contributed by atoms with Crippen LogP contribution in [0.2, 0.25) is 0 Å². The number of fused-ring (bicyclic) bond motifs is 1. The molecule has 25 heavy (non-hydrogen) atoms. The van der Waals surface area contributed by atoms with E-state index in [2.05, 4.69) is 13.8 Å². The number of carbonyl (C=O) groups excluding carboxylic acids is 2. The third-order valence-corrected chi connectivity index (χ3v) is 4.34. The fourth-order valence-electron chi connectivity index (χ4n) is 2.84. The van der Waals surface area contributed by atoms with Crippen molar-refractivity contribution in [2.24, 2.45) is 11.8 Å². The maximum absolute atomic E-state index is 12.3. The van der Waals surface area contributed by atoms with Gasteiger partial charge in [0.05, 0.1) is 25.0 Å². The number of hydrogen-bond donors (Lipinski definition) is 0. The van der Waals surface area contributed by atoms with Crippen molar-refractivity contribution in [2.75, 3.05) is 13.2 Å². The smallest absolute Gasteiger partial charge is 0.313 e. The van der Waals surface area contributed by atoms with Gasteiger partial charge in [0.2, 0.25) is 0 Å². The summed E-state index contributed by atoms with van der Waals surface area (Å²) >= 11 is 0. The average Bonchev–Trinajstić information content (AvgIpc) is 3.41. The lowest BCUT2D eigenvalue weighted by atomic mass is 9.84. The number of esters is 2. The minimum absolute atomic E-state index is 0.00710. The Balaban J connectivity index is 0.00000151. The first-order chi connectivity index (χ1) is 12.2. The SMILES string of the molecule is CC.CCCCCOC(=O)C1C=C2OC2CC1C(=O)OCCCCC. The fourth-order valence-corrected chi connectivity index (χ4v) is 2.84. The molecule has 0 N–H and O–H groups in total. The molecule has 5 nitrogen and oxygen atoms in total. The van der Waals surface area contributed by atoms with Gasteiger partial charge in [-0.3, -0.25) is 9.59 Å². The molecular formula is C20H34O5. The van der Waals surface area contributed by atoms with E-state index >= 15 is 0 Å². The van der Waals surface area contributed by atoms with Gasteiger partial charge in [-0.1, -0.05) is 53.4 Å². The molecule has 0 aromatic carbocycles. The van der Waals surface area contributed by atoms with Gasteiger partial charge >= 0.3 is 11.9 Å². The standard InChI is InChI=1S/C18H28O5.C2H6/c1-3-5-7-9-21-17(19)13-11-15-16(23-15)12-14(13)18(20)22-10-8-6-4-2;1-2/h11,13-14,16H,3-10,12H2,1-2H3;1-2H3. The molecule has 0 aromatic rings. The van der Waals surface area contributed by atoms with E-state index in [1.807, 2.05) is 13.8 Å². The van der Waals surface area contributed by atoms with E-state index in [1.165, 1.54) is 0 Å². The summed E-state index contributed by atoms with van der Waals surface area (Å²) in [6, 6.07) is 0. The number of unbranched alkanes of at least 4 members (excludes halogenated alkanes) is 4. The van der Waals surface area contributed by atoms with E-state index in [-0.39, 0.29) is 18.0 Å². The maximum Gasteiger partial charge on any atom is 0.313 e. The van der Waals surface area contributed by atoms with Crippen LogP contribution in [0, 0.1) is 11.8 Å². The first kappa shape index (κ1) is 21.5. The quantitative estimate of drug-likeness (QED) is 0.330. The lowest BCUT2D eigenvalue weighted by Gasteiger charge is -2.22. The first-order valence-electron chi connectivity index (χ1n) is 9.89. The molecule has 3 unspecified atom stereocenters. The average molecular weight is 354 g/mol. The Labute approximate surface area is 152 Å². The molecule has 1 saturated heterocycles. The van der Waals surface area contributed by atoms with Crippen LogP contribution in [0.25, 0.3) is 0 Å². The zero-order valence-corrected chi connectivity index (χ0v) is 16.2. The van der Waals surface area contributed by atoms with Crippen molar-refractivity contribution in [1.29, 1.82) is 0 Å². The zero-order chi connectivity index (χ0) is 18.7. The van der Waals surface area contributed by atoms with Gasteiger partial charge in [-0.25, -0.2) is 0 Å². The van der Waals surface area contributed by atoms with Crippen LogP contribution < -0.4 is 0 Å². The van der Waals surface area contributed by atoms with Crippen LogP contribution in [0.15, 0.2) is 11.8 Å². The van der Waals surface area contributed by atoms with Crippen LogP contribution in [0.3, 0.4) is 0 Å². The van der Waals surface area contributed by atoms with Crippen LogP contribution >= 0.6 is 0 Å². The van der Waals surface area contributed by atoms with E-state index in [9.17, 15) is 9.59 Å². The highest BCUT2D eigenvalue weighted by Gasteiger charge is 2.48. The molecule has 0 radical (unpaired) electrons. The summed E-state index contributed by atoms with van der Waals surface area (Å²) < 4.78 is 16.0. The van der Waals surface area contributed by atoms with Crippen molar-refractivity contribution in [3.05, 3.63) is 11.8 Å². The van der Waals surface area contributed by atoms with Crippen LogP contribution in [0.4, 0.5) is 0 Å². The summed E-state index contributed by atoms with van der Waals surface area (Å²) in [5.74, 6) is -0.869. The molecule has 1 aliphatic carbocycles. The summed E-state index contributed by atoms with van der Waals surface area (Å²) in [5, 5.41) is 0. The molecule has 2 rings (SSSR count). The highest BCUT2D eigenvalue weighted by molar-refractivity contribution is 5.84. The summed E-state index contributed by atoms with van der Waals surface area (Å²) in [7, 11) is 0. The fraction of sp³-hybridized carbons (Fsp3) is 0.800. The number of ether oxygens (including phenoxy) is 3.